The molecule has 2 aliphatic rings. The molecule has 0 radical (unpaired) electrons. The molecule has 0 fully saturated rings. The molecule has 0 saturated heterocycles. The molecule has 0 atom stereocenters. The molecular weight excluding hydrogens is 379 g/mol. The first-order chi connectivity index (χ1) is 14.5. The highest BCUT2D eigenvalue weighted by molar-refractivity contribution is 6.46. The number of nitrogens with zero attached hydrogens (tertiary/aromatic N) is 2. The van der Waals surface area contributed by atoms with Crippen LogP contribution in [0.2, 0.25) is 0 Å². The number of anilines is 2. The van der Waals surface area contributed by atoms with Crippen LogP contribution in [0.5, 0.6) is 0 Å². The Morgan fingerprint density at radius 2 is 1.63 bits per heavy atom. The summed E-state index contributed by atoms with van der Waals surface area (Å²) < 4.78 is 13.5. The molecule has 0 spiro atoms. The van der Waals surface area contributed by atoms with E-state index in [-0.39, 0.29) is 11.7 Å². The smallest absolute Gasteiger partial charge is 0.282 e. The average Bonchev–Trinajstić information content (AvgIpc) is 3.27. The predicted molar refractivity (Wildman–Crippen MR) is 114 cm³/mol. The number of amides is 2. The number of carbonyl (C=O) groups is 2. The molecule has 148 valence electrons. The van der Waals surface area contributed by atoms with Gasteiger partial charge in [-0.2, -0.15) is 0 Å². The minimum Gasteiger partial charge on any atom is -0.336 e. The number of rotatable bonds is 3. The second-order valence-corrected chi connectivity index (χ2v) is 7.55. The van der Waals surface area contributed by atoms with Crippen molar-refractivity contribution in [3.05, 3.63) is 101 Å². The average molecular weight is 398 g/mol. The van der Waals surface area contributed by atoms with Crippen molar-refractivity contribution in [3.8, 4) is 0 Å². The number of hydrogen-bond acceptors (Lipinski definition) is 3. The Labute approximate surface area is 173 Å². The van der Waals surface area contributed by atoms with Gasteiger partial charge in [0, 0.05) is 12.2 Å². The molecule has 0 aliphatic carbocycles. The molecule has 3 aromatic carbocycles. The fourth-order valence-corrected chi connectivity index (χ4v) is 4.22. The quantitative estimate of drug-likeness (QED) is 0.611. The van der Waals surface area contributed by atoms with Crippen LogP contribution in [0.25, 0.3) is 5.57 Å². The first-order valence-electron chi connectivity index (χ1n) is 9.86. The van der Waals surface area contributed by atoms with Gasteiger partial charge < -0.3 is 4.90 Å². The highest BCUT2D eigenvalue weighted by atomic mass is 19.1. The molecule has 5 heteroatoms. The van der Waals surface area contributed by atoms with Crippen LogP contribution in [0.3, 0.4) is 0 Å². The third-order valence-electron chi connectivity index (χ3n) is 5.61. The monoisotopic (exact) mass is 398 g/mol. The van der Waals surface area contributed by atoms with Gasteiger partial charge in [-0.3, -0.25) is 9.59 Å². The van der Waals surface area contributed by atoms with Gasteiger partial charge in [0.1, 0.15) is 11.5 Å². The third kappa shape index (κ3) is 2.82. The molecule has 0 N–H and O–H groups in total. The summed E-state index contributed by atoms with van der Waals surface area (Å²) in [5.41, 5.74) is 4.74. The van der Waals surface area contributed by atoms with Crippen LogP contribution in [-0.2, 0) is 16.0 Å². The Balaban J connectivity index is 1.69. The molecule has 0 aromatic heterocycles. The summed E-state index contributed by atoms with van der Waals surface area (Å²) in [6.45, 7) is 2.53. The standard InChI is InChI=1S/C25H19FN2O2/c1-16-5-4-7-20(15-16)28-24(29)22(18-9-11-19(26)12-10-18)23(25(28)30)27-14-13-17-6-2-3-8-21(17)27/h2-12,15H,13-14H2,1H3. The number of fused-ring (bicyclic) bond motifs is 1. The SMILES string of the molecule is Cc1cccc(N2C(=O)C(c3ccc(F)cc3)=C(N3CCc4ccccc43)C2=O)c1. The number of benzene rings is 3. The maximum atomic E-state index is 13.6. The van der Waals surface area contributed by atoms with Crippen molar-refractivity contribution < 1.29 is 14.0 Å². The lowest BCUT2D eigenvalue weighted by Gasteiger charge is -2.22. The summed E-state index contributed by atoms with van der Waals surface area (Å²) in [7, 11) is 0. The highest BCUT2D eigenvalue weighted by Gasteiger charge is 2.44. The number of halogens is 1. The third-order valence-corrected chi connectivity index (χ3v) is 5.61. The van der Waals surface area contributed by atoms with Crippen LogP contribution in [0.15, 0.2) is 78.5 Å². The minimum absolute atomic E-state index is 0.304. The van der Waals surface area contributed by atoms with E-state index in [0.717, 1.165) is 23.2 Å². The second-order valence-electron chi connectivity index (χ2n) is 7.55. The maximum Gasteiger partial charge on any atom is 0.282 e. The Kier molecular flexibility index (Phi) is 4.24. The summed E-state index contributed by atoms with van der Waals surface area (Å²) in [4.78, 5) is 30.3. The molecule has 4 nitrogen and oxygen atoms in total. The zero-order valence-electron chi connectivity index (χ0n) is 16.4. The van der Waals surface area contributed by atoms with E-state index in [9.17, 15) is 14.0 Å². The number of imide groups is 1. The molecular formula is C25H19FN2O2. The van der Waals surface area contributed by atoms with E-state index in [1.54, 1.807) is 18.2 Å². The van der Waals surface area contributed by atoms with Crippen LogP contribution in [0.1, 0.15) is 16.7 Å². The topological polar surface area (TPSA) is 40.6 Å². The number of para-hydroxylation sites is 1. The van der Waals surface area contributed by atoms with Gasteiger partial charge in [-0.25, -0.2) is 9.29 Å². The van der Waals surface area contributed by atoms with Gasteiger partial charge >= 0.3 is 0 Å². The highest BCUT2D eigenvalue weighted by Crippen LogP contribution is 2.40. The normalized spacial score (nSPS) is 15.9. The van der Waals surface area contributed by atoms with Crippen molar-refractivity contribution in [2.75, 3.05) is 16.3 Å². The lowest BCUT2D eigenvalue weighted by atomic mass is 10.0. The molecule has 2 heterocycles. The Hall–Kier alpha value is -3.73. The first kappa shape index (κ1) is 18.3. The summed E-state index contributed by atoms with van der Waals surface area (Å²) in [5.74, 6) is -1.14. The van der Waals surface area contributed by atoms with Gasteiger partial charge in [0.05, 0.1) is 11.3 Å². The van der Waals surface area contributed by atoms with Crippen LogP contribution < -0.4 is 9.80 Å². The van der Waals surface area contributed by atoms with Gasteiger partial charge in [-0.05, 0) is 60.4 Å². The van der Waals surface area contributed by atoms with Gasteiger partial charge in [0.15, 0.2) is 0 Å². The molecule has 3 aromatic rings. The van der Waals surface area contributed by atoms with Crippen molar-refractivity contribution in [2.24, 2.45) is 0 Å². The van der Waals surface area contributed by atoms with E-state index in [0.29, 0.717) is 29.1 Å². The van der Waals surface area contributed by atoms with Crippen LogP contribution in [-0.4, -0.2) is 18.4 Å². The van der Waals surface area contributed by atoms with E-state index in [1.807, 2.05) is 54.3 Å². The van der Waals surface area contributed by atoms with E-state index in [1.165, 1.54) is 17.0 Å². The number of hydrogen-bond donors (Lipinski definition) is 0. The fraction of sp³-hybridized carbons (Fsp3) is 0.120. The van der Waals surface area contributed by atoms with E-state index in [2.05, 4.69) is 0 Å². The van der Waals surface area contributed by atoms with Crippen LogP contribution in [0.4, 0.5) is 15.8 Å². The van der Waals surface area contributed by atoms with Gasteiger partial charge in [-0.1, -0.05) is 42.5 Å². The Morgan fingerprint density at radius 1 is 0.867 bits per heavy atom. The van der Waals surface area contributed by atoms with Gasteiger partial charge in [0.2, 0.25) is 0 Å². The second kappa shape index (κ2) is 6.95. The summed E-state index contributed by atoms with van der Waals surface area (Å²) in [6.07, 6.45) is 0.794. The predicted octanol–water partition coefficient (Wildman–Crippen LogP) is 4.48. The van der Waals surface area contributed by atoms with Crippen molar-refractivity contribution >= 4 is 28.8 Å². The molecule has 30 heavy (non-hydrogen) atoms. The Bertz CT molecular complexity index is 1210. The summed E-state index contributed by atoms with van der Waals surface area (Å²) in [5, 5.41) is 0. The number of carbonyl (C=O) groups excluding carboxylic acids is 2. The van der Waals surface area contributed by atoms with E-state index >= 15 is 0 Å². The van der Waals surface area contributed by atoms with Crippen molar-refractivity contribution in [3.63, 3.8) is 0 Å². The zero-order chi connectivity index (χ0) is 20.8. The minimum atomic E-state index is -0.392. The fourth-order valence-electron chi connectivity index (χ4n) is 4.22. The first-order valence-corrected chi connectivity index (χ1v) is 9.86. The molecule has 2 amide bonds. The molecule has 2 aliphatic heterocycles. The molecule has 0 bridgehead atoms. The molecule has 5 rings (SSSR count). The molecule has 0 unspecified atom stereocenters. The lowest BCUT2D eigenvalue weighted by molar-refractivity contribution is -0.120. The maximum absolute atomic E-state index is 13.6. The van der Waals surface area contributed by atoms with E-state index in [4.69, 9.17) is 0 Å². The largest absolute Gasteiger partial charge is 0.336 e. The summed E-state index contributed by atoms with van der Waals surface area (Å²) in [6, 6.07) is 20.9. The van der Waals surface area contributed by atoms with Gasteiger partial charge in [-0.15, -0.1) is 0 Å². The molecule has 0 saturated carbocycles. The number of aryl methyl sites for hydroxylation is 1. The van der Waals surface area contributed by atoms with Crippen LogP contribution >= 0.6 is 0 Å². The zero-order valence-corrected chi connectivity index (χ0v) is 16.4. The van der Waals surface area contributed by atoms with Crippen molar-refractivity contribution in [1.82, 2.24) is 0 Å². The Morgan fingerprint density at radius 3 is 2.40 bits per heavy atom. The summed E-state index contributed by atoms with van der Waals surface area (Å²) >= 11 is 0. The van der Waals surface area contributed by atoms with Crippen LogP contribution in [0, 0.1) is 12.7 Å². The van der Waals surface area contributed by atoms with E-state index < -0.39 is 5.91 Å². The van der Waals surface area contributed by atoms with Crippen molar-refractivity contribution in [1.29, 1.82) is 0 Å². The van der Waals surface area contributed by atoms with Crippen molar-refractivity contribution in [2.45, 2.75) is 13.3 Å². The van der Waals surface area contributed by atoms with Gasteiger partial charge in [0.25, 0.3) is 11.8 Å². The lowest BCUT2D eigenvalue weighted by Crippen LogP contribution is -2.34.